The van der Waals surface area contributed by atoms with E-state index in [-0.39, 0.29) is 64.0 Å². The summed E-state index contributed by atoms with van der Waals surface area (Å²) in [7, 11) is 0. The van der Waals surface area contributed by atoms with Crippen LogP contribution in [0.4, 0.5) is 123 Å². The van der Waals surface area contributed by atoms with Gasteiger partial charge in [-0.05, 0) is 183 Å². The third kappa shape index (κ3) is 34.0. The molecule has 0 fully saturated rings. The molecule has 0 aliphatic heterocycles. The van der Waals surface area contributed by atoms with Crippen LogP contribution in [0.1, 0.15) is 198 Å². The van der Waals surface area contributed by atoms with E-state index in [1.807, 2.05) is 50.3 Å². The van der Waals surface area contributed by atoms with Gasteiger partial charge in [0.05, 0.1) is 27.8 Å². The molecular formula is C65H66F28INO3. The number of pyridine rings is 1. The van der Waals surface area contributed by atoms with Gasteiger partial charge in [0, 0.05) is 14.8 Å². The zero-order chi connectivity index (χ0) is 76.4. The number of hydrogen-bond donors (Lipinski definition) is 0. The standard InChI is InChI=1S/C12H12F6O.C12H13F5O.C11H11F5.C10H9F6N.C10H10F3I.C10H11F3O/c1-7(2)8-3-9(12(16,17)18)5-10(4-8)19-6-11(13,14)15;1-7(2)8-3-9(12(15,16)17)5-10(4-8)18-6-11(13)14;1-6(2)7-3-8(10(12)13)5-9(4-7)11(14,15)16;1-5(2)7-3-6(9(11,12)13)4-8(17-7)10(14,15)16;1-6(2)7-3-8(10(11,12)13)5-9(14)4-7;1-7(2)8-4-3-5-9(6-8)14-10(11,12)13/h3-5,7H,6H2,1-2H3;3-5,7,11H,6H2,1-2H3;3-6,10H,1-2H3;3-5H,1-2H3;3-6H,1-2H3;3-7H,1-2H3. The highest BCUT2D eigenvalue weighted by molar-refractivity contribution is 14.1. The zero-order valence-corrected chi connectivity index (χ0v) is 55.7. The lowest BCUT2D eigenvalue weighted by atomic mass is 9.97. The summed E-state index contributed by atoms with van der Waals surface area (Å²) in [6.07, 6.45) is -42.5. The van der Waals surface area contributed by atoms with Gasteiger partial charge in [0.2, 0.25) is 0 Å². The molecule has 1 heterocycles. The highest BCUT2D eigenvalue weighted by atomic mass is 127. The summed E-state index contributed by atoms with van der Waals surface area (Å²) in [6, 6.07) is 19.1. The molecule has 4 nitrogen and oxygen atoms in total. The fraction of sp³-hybridized carbons (Fsp3) is 0.462. The van der Waals surface area contributed by atoms with Crippen LogP contribution in [-0.2, 0) is 37.1 Å². The van der Waals surface area contributed by atoms with Gasteiger partial charge in [-0.2, -0.15) is 92.2 Å². The smallest absolute Gasteiger partial charge is 0.488 e. The van der Waals surface area contributed by atoms with Crippen molar-refractivity contribution in [2.75, 3.05) is 13.2 Å². The first-order chi connectivity index (χ1) is 44.1. The Balaban J connectivity index is 0.000000590. The van der Waals surface area contributed by atoms with E-state index < -0.39 is 126 Å². The Morgan fingerprint density at radius 2 is 0.694 bits per heavy atom. The maximum atomic E-state index is 12.6. The van der Waals surface area contributed by atoms with Gasteiger partial charge in [-0.25, -0.2) is 22.5 Å². The topological polar surface area (TPSA) is 40.6 Å². The first-order valence-electron chi connectivity index (χ1n) is 28.6. The first kappa shape index (κ1) is 89.4. The number of hydrogen-bond acceptors (Lipinski definition) is 4. The molecule has 0 N–H and O–H groups in total. The Hall–Kier alpha value is -6.58. The Kier molecular flexibility index (Phi) is 33.5. The van der Waals surface area contributed by atoms with E-state index in [2.05, 4.69) is 19.2 Å². The van der Waals surface area contributed by atoms with E-state index in [0.29, 0.717) is 27.3 Å². The molecule has 0 aliphatic carbocycles. The molecule has 33 heteroatoms. The van der Waals surface area contributed by atoms with E-state index in [1.165, 1.54) is 44.2 Å². The van der Waals surface area contributed by atoms with Crippen LogP contribution >= 0.6 is 22.6 Å². The Morgan fingerprint density at radius 3 is 1.04 bits per heavy atom. The van der Waals surface area contributed by atoms with Gasteiger partial charge < -0.3 is 14.2 Å². The number of ether oxygens (including phenoxy) is 3. The molecule has 0 amide bonds. The molecule has 6 rings (SSSR count). The van der Waals surface area contributed by atoms with Gasteiger partial charge in [-0.1, -0.05) is 95.2 Å². The normalized spacial score (nSPS) is 12.5. The highest BCUT2D eigenvalue weighted by Crippen LogP contribution is 2.40. The highest BCUT2D eigenvalue weighted by Gasteiger charge is 2.40. The lowest BCUT2D eigenvalue weighted by Gasteiger charge is -2.15. The predicted molar refractivity (Wildman–Crippen MR) is 318 cm³/mol. The van der Waals surface area contributed by atoms with Crippen molar-refractivity contribution in [1.82, 2.24) is 4.98 Å². The third-order valence-corrected chi connectivity index (χ3v) is 13.2. The molecule has 5 aromatic carbocycles. The number of benzene rings is 5. The predicted octanol–water partition coefficient (Wildman–Crippen LogP) is 26.4. The maximum Gasteiger partial charge on any atom is 0.573 e. The minimum Gasteiger partial charge on any atom is -0.488 e. The van der Waals surface area contributed by atoms with Crippen molar-refractivity contribution in [3.8, 4) is 17.2 Å². The number of aromatic nitrogens is 1. The van der Waals surface area contributed by atoms with Crippen molar-refractivity contribution in [2.24, 2.45) is 0 Å². The lowest BCUT2D eigenvalue weighted by molar-refractivity contribution is -0.274. The van der Waals surface area contributed by atoms with Gasteiger partial charge in [-0.3, -0.25) is 0 Å². The van der Waals surface area contributed by atoms with E-state index in [9.17, 15) is 123 Å². The fourth-order valence-corrected chi connectivity index (χ4v) is 8.06. The Labute approximate surface area is 559 Å². The monoisotopic (exact) mass is 1570 g/mol. The number of nitrogens with zero attached hydrogens (tertiary/aromatic N) is 1. The van der Waals surface area contributed by atoms with Gasteiger partial charge in [0.15, 0.2) is 6.61 Å². The van der Waals surface area contributed by atoms with Crippen LogP contribution < -0.4 is 14.2 Å². The molecule has 6 aromatic rings. The fourth-order valence-electron chi connectivity index (χ4n) is 7.37. The minimum atomic E-state index is -4.88. The van der Waals surface area contributed by atoms with Crippen molar-refractivity contribution >= 4 is 22.6 Å². The second-order valence-electron chi connectivity index (χ2n) is 22.9. The van der Waals surface area contributed by atoms with Crippen LogP contribution in [0.25, 0.3) is 0 Å². The largest absolute Gasteiger partial charge is 0.573 e. The summed E-state index contributed by atoms with van der Waals surface area (Å²) in [5.74, 6) is -1.62. The van der Waals surface area contributed by atoms with Crippen LogP contribution in [0.5, 0.6) is 17.2 Å². The van der Waals surface area contributed by atoms with Crippen molar-refractivity contribution in [3.05, 3.63) is 185 Å². The van der Waals surface area contributed by atoms with Crippen LogP contribution in [0.3, 0.4) is 0 Å². The second-order valence-corrected chi connectivity index (χ2v) is 24.1. The summed E-state index contributed by atoms with van der Waals surface area (Å²) >= 11 is 1.90. The molecule has 0 atom stereocenters. The third-order valence-electron chi connectivity index (χ3n) is 12.6. The molecular weight excluding hydrogens is 1500 g/mol. The van der Waals surface area contributed by atoms with Crippen LogP contribution in [0.15, 0.2) is 109 Å². The van der Waals surface area contributed by atoms with Gasteiger partial charge in [0.25, 0.3) is 12.9 Å². The molecule has 98 heavy (non-hydrogen) atoms. The SMILES string of the molecule is CC(C)c1cc(C(F)(F)F)cc(C(F)(F)F)n1.CC(C)c1cc(C(F)F)cc(C(F)(F)F)c1.CC(C)c1cc(I)cc(C(F)(F)F)c1.CC(C)c1cc(OCC(F)(F)F)cc(C(F)(F)F)c1.CC(C)c1cc(OCC(F)F)cc(C(F)(F)F)c1.CC(C)c1cccc(OC(F)(F)F)c1. The summed E-state index contributed by atoms with van der Waals surface area (Å²) < 4.78 is 358. The molecule has 0 aliphatic rings. The van der Waals surface area contributed by atoms with Crippen LogP contribution in [-0.4, -0.2) is 37.2 Å². The molecule has 0 unspecified atom stereocenters. The average Bonchev–Trinajstić information content (AvgIpc) is 0.835. The van der Waals surface area contributed by atoms with Crippen molar-refractivity contribution in [2.45, 2.75) is 181 Å². The quantitative estimate of drug-likeness (QED) is 0.0853. The van der Waals surface area contributed by atoms with E-state index in [4.69, 9.17) is 0 Å². The first-order valence-corrected chi connectivity index (χ1v) is 29.6. The molecule has 0 saturated heterocycles. The van der Waals surface area contributed by atoms with Crippen molar-refractivity contribution in [1.29, 1.82) is 0 Å². The van der Waals surface area contributed by atoms with Gasteiger partial charge in [0.1, 0.15) is 29.5 Å². The molecule has 0 bridgehead atoms. The summed E-state index contributed by atoms with van der Waals surface area (Å²) in [6.45, 7) is 18.0. The van der Waals surface area contributed by atoms with E-state index in [0.717, 1.165) is 47.5 Å². The van der Waals surface area contributed by atoms with Crippen LogP contribution in [0, 0.1) is 3.57 Å². The van der Waals surface area contributed by atoms with Crippen molar-refractivity contribution in [3.63, 3.8) is 0 Å². The van der Waals surface area contributed by atoms with Gasteiger partial charge >= 0.3 is 49.6 Å². The minimum absolute atomic E-state index is 0.0197. The Morgan fingerprint density at radius 1 is 0.347 bits per heavy atom. The summed E-state index contributed by atoms with van der Waals surface area (Å²) in [5, 5.41) is 0. The second kappa shape index (κ2) is 36.7. The Bertz CT molecular complexity index is 3330. The zero-order valence-electron chi connectivity index (χ0n) is 53.6. The molecule has 552 valence electrons. The average molecular weight is 1570 g/mol. The number of alkyl halides is 28. The molecule has 0 spiro atoms. The van der Waals surface area contributed by atoms with E-state index >= 15 is 0 Å². The molecule has 1 aromatic heterocycles. The molecule has 0 radical (unpaired) electrons. The summed E-state index contributed by atoms with van der Waals surface area (Å²) in [5.41, 5.74) is -4.66. The number of rotatable bonds is 13. The van der Waals surface area contributed by atoms with Gasteiger partial charge in [-0.15, -0.1) is 13.2 Å². The van der Waals surface area contributed by atoms with Crippen molar-refractivity contribution < 1.29 is 137 Å². The molecule has 0 saturated carbocycles. The lowest BCUT2D eigenvalue weighted by Crippen LogP contribution is -2.19. The maximum absolute atomic E-state index is 12.6. The summed E-state index contributed by atoms with van der Waals surface area (Å²) in [4.78, 5) is 3.19. The van der Waals surface area contributed by atoms with Crippen LogP contribution in [0.2, 0.25) is 0 Å². The number of halogens is 29. The van der Waals surface area contributed by atoms with E-state index in [1.54, 1.807) is 59.7 Å².